The van der Waals surface area contributed by atoms with Gasteiger partial charge in [-0.25, -0.2) is 9.59 Å². The number of piperidine rings is 1. The molecule has 8 nitrogen and oxygen atoms in total. The van der Waals surface area contributed by atoms with Crippen molar-refractivity contribution in [3.63, 3.8) is 0 Å². The zero-order valence-electron chi connectivity index (χ0n) is 17.8. The second-order valence-corrected chi connectivity index (χ2v) is 8.60. The summed E-state index contributed by atoms with van der Waals surface area (Å²) in [7, 11) is 0. The second-order valence-electron chi connectivity index (χ2n) is 8.60. The molecule has 2 aliphatic rings. The summed E-state index contributed by atoms with van der Waals surface area (Å²) in [6, 6.07) is 7.64. The van der Waals surface area contributed by atoms with E-state index in [4.69, 9.17) is 14.2 Å². The number of hydrogen-bond acceptors (Lipinski definition) is 6. The molecule has 1 aromatic heterocycles. The summed E-state index contributed by atoms with van der Waals surface area (Å²) in [5, 5.41) is 7.31. The van der Waals surface area contributed by atoms with Gasteiger partial charge in [0.2, 0.25) is 0 Å². The zero-order valence-corrected chi connectivity index (χ0v) is 17.8. The molecule has 8 heteroatoms. The van der Waals surface area contributed by atoms with Crippen molar-refractivity contribution in [3.05, 3.63) is 35.5 Å². The lowest BCUT2D eigenvalue weighted by Crippen LogP contribution is -2.50. The van der Waals surface area contributed by atoms with E-state index >= 15 is 0 Å². The van der Waals surface area contributed by atoms with Gasteiger partial charge < -0.3 is 19.1 Å². The van der Waals surface area contributed by atoms with E-state index in [0.717, 1.165) is 11.3 Å². The highest BCUT2D eigenvalue weighted by Crippen LogP contribution is 2.50. The van der Waals surface area contributed by atoms with Crippen molar-refractivity contribution in [1.29, 1.82) is 0 Å². The van der Waals surface area contributed by atoms with Gasteiger partial charge in [-0.2, -0.15) is 5.10 Å². The fourth-order valence-electron chi connectivity index (χ4n) is 4.07. The average Bonchev–Trinajstić information content (AvgIpc) is 3.14. The molecule has 1 saturated heterocycles. The molecule has 1 N–H and O–H groups in total. The van der Waals surface area contributed by atoms with Gasteiger partial charge in [-0.3, -0.25) is 5.10 Å². The number of aromatic nitrogens is 2. The van der Waals surface area contributed by atoms with Crippen LogP contribution in [0, 0.1) is 0 Å². The van der Waals surface area contributed by atoms with Crippen LogP contribution >= 0.6 is 0 Å². The molecule has 1 aromatic carbocycles. The average molecular weight is 413 g/mol. The van der Waals surface area contributed by atoms with Gasteiger partial charge in [0, 0.05) is 31.5 Å². The van der Waals surface area contributed by atoms with Crippen molar-refractivity contribution in [2.45, 2.75) is 51.7 Å². The summed E-state index contributed by atoms with van der Waals surface area (Å²) < 4.78 is 17.2. The number of nitrogens with one attached hydrogen (secondary N) is 1. The molecule has 0 saturated carbocycles. The Bertz CT molecular complexity index is 967. The van der Waals surface area contributed by atoms with Crippen molar-refractivity contribution in [1.82, 2.24) is 15.1 Å². The van der Waals surface area contributed by atoms with Gasteiger partial charge in [-0.1, -0.05) is 12.1 Å². The van der Waals surface area contributed by atoms with Gasteiger partial charge >= 0.3 is 12.1 Å². The van der Waals surface area contributed by atoms with Crippen LogP contribution < -0.4 is 4.74 Å². The number of ether oxygens (including phenoxy) is 3. The molecule has 2 aliphatic heterocycles. The number of benzene rings is 1. The van der Waals surface area contributed by atoms with Crippen LogP contribution in [0.15, 0.2) is 24.3 Å². The number of carbonyl (C=O) groups is 2. The van der Waals surface area contributed by atoms with Gasteiger partial charge in [0.05, 0.1) is 12.2 Å². The summed E-state index contributed by atoms with van der Waals surface area (Å²) in [5.74, 6) is 0.265. The van der Waals surface area contributed by atoms with E-state index in [0.29, 0.717) is 42.9 Å². The first-order valence-electron chi connectivity index (χ1n) is 10.3. The van der Waals surface area contributed by atoms with Gasteiger partial charge in [-0.05, 0) is 39.8 Å². The van der Waals surface area contributed by atoms with E-state index in [1.807, 2.05) is 45.0 Å². The molecule has 30 heavy (non-hydrogen) atoms. The number of esters is 1. The van der Waals surface area contributed by atoms with Crippen LogP contribution in [0.2, 0.25) is 0 Å². The van der Waals surface area contributed by atoms with Gasteiger partial charge in [0.15, 0.2) is 5.69 Å². The monoisotopic (exact) mass is 413 g/mol. The Morgan fingerprint density at radius 1 is 1.23 bits per heavy atom. The van der Waals surface area contributed by atoms with Crippen molar-refractivity contribution < 1.29 is 23.8 Å². The number of fused-ring (bicyclic) bond motifs is 4. The van der Waals surface area contributed by atoms with E-state index < -0.39 is 17.2 Å². The van der Waals surface area contributed by atoms with E-state index in [1.165, 1.54) is 0 Å². The Morgan fingerprint density at radius 2 is 1.93 bits per heavy atom. The van der Waals surface area contributed by atoms with Gasteiger partial charge in [0.1, 0.15) is 22.6 Å². The Morgan fingerprint density at radius 3 is 2.60 bits per heavy atom. The summed E-state index contributed by atoms with van der Waals surface area (Å²) in [6.07, 6.45) is 0.686. The molecular weight excluding hydrogens is 386 g/mol. The predicted molar refractivity (Wildman–Crippen MR) is 109 cm³/mol. The number of carbonyl (C=O) groups excluding carboxylic acids is 2. The molecule has 0 bridgehead atoms. The first-order valence-corrected chi connectivity index (χ1v) is 10.3. The molecule has 1 fully saturated rings. The molecule has 0 radical (unpaired) electrons. The molecule has 0 atom stereocenters. The number of H-pyrrole nitrogens is 1. The van der Waals surface area contributed by atoms with Crippen molar-refractivity contribution in [2.75, 3.05) is 19.7 Å². The first kappa shape index (κ1) is 20.3. The maximum absolute atomic E-state index is 12.6. The minimum absolute atomic E-state index is 0.267. The van der Waals surface area contributed by atoms with E-state index in [1.54, 1.807) is 11.8 Å². The van der Waals surface area contributed by atoms with E-state index in [-0.39, 0.29) is 12.7 Å². The minimum Gasteiger partial charge on any atom is -0.482 e. The Kier molecular flexibility index (Phi) is 4.95. The topological polar surface area (TPSA) is 93.8 Å². The van der Waals surface area contributed by atoms with Gasteiger partial charge in [0.25, 0.3) is 0 Å². The number of rotatable bonds is 2. The smallest absolute Gasteiger partial charge is 0.410 e. The molecule has 4 rings (SSSR count). The summed E-state index contributed by atoms with van der Waals surface area (Å²) in [5.41, 5.74) is 1.24. The maximum Gasteiger partial charge on any atom is 0.410 e. The van der Waals surface area contributed by atoms with Crippen molar-refractivity contribution in [2.24, 2.45) is 0 Å². The molecule has 0 aliphatic carbocycles. The fraction of sp³-hybridized carbons (Fsp3) is 0.500. The minimum atomic E-state index is -0.767. The van der Waals surface area contributed by atoms with Crippen LogP contribution in [0.1, 0.15) is 56.6 Å². The van der Waals surface area contributed by atoms with Gasteiger partial charge in [-0.15, -0.1) is 0 Å². The van der Waals surface area contributed by atoms with Crippen LogP contribution in [0.3, 0.4) is 0 Å². The lowest BCUT2D eigenvalue weighted by atomic mass is 9.79. The molecule has 3 heterocycles. The Hall–Kier alpha value is -3.03. The molecule has 2 aromatic rings. The Balaban J connectivity index is 1.68. The highest BCUT2D eigenvalue weighted by atomic mass is 16.6. The van der Waals surface area contributed by atoms with Crippen LogP contribution in [0.5, 0.6) is 5.75 Å². The molecule has 1 spiro atoms. The highest BCUT2D eigenvalue weighted by Gasteiger charge is 2.48. The largest absolute Gasteiger partial charge is 0.482 e. The van der Waals surface area contributed by atoms with Crippen LogP contribution in [-0.2, 0) is 15.1 Å². The lowest BCUT2D eigenvalue weighted by molar-refractivity contribution is -0.0224. The number of likely N-dealkylation sites (tertiary alicyclic amines) is 1. The number of amides is 1. The summed E-state index contributed by atoms with van der Waals surface area (Å²) in [4.78, 5) is 26.8. The lowest BCUT2D eigenvalue weighted by Gasteiger charge is -2.44. The summed E-state index contributed by atoms with van der Waals surface area (Å²) >= 11 is 0. The van der Waals surface area contributed by atoms with E-state index in [9.17, 15) is 9.59 Å². The SMILES string of the molecule is CCOC(=O)c1[nH]nc2c1C1(CCN(C(=O)OC(C)(C)C)CC1)Oc1ccccc1-2. The van der Waals surface area contributed by atoms with Crippen molar-refractivity contribution in [3.8, 4) is 17.0 Å². The zero-order chi connectivity index (χ0) is 21.5. The third-order valence-corrected chi connectivity index (χ3v) is 5.37. The van der Waals surface area contributed by atoms with Crippen LogP contribution in [-0.4, -0.2) is 52.5 Å². The number of para-hydroxylation sites is 1. The molecule has 160 valence electrons. The second kappa shape index (κ2) is 7.34. The first-order chi connectivity index (χ1) is 14.2. The molecular formula is C22H27N3O5. The Labute approximate surface area is 175 Å². The highest BCUT2D eigenvalue weighted by molar-refractivity contribution is 5.93. The standard InChI is InChI=1S/C22H27N3O5/c1-5-28-19(26)18-16-17(23-24-18)14-8-6-7-9-15(14)29-22(16)10-12-25(13-11-22)20(27)30-21(2,3)4/h6-9H,5,10-13H2,1-4H3,(H,23,24). The third-order valence-electron chi connectivity index (χ3n) is 5.37. The van der Waals surface area contributed by atoms with Crippen molar-refractivity contribution >= 4 is 12.1 Å². The number of aromatic amines is 1. The quantitative estimate of drug-likeness (QED) is 0.751. The molecule has 1 amide bonds. The normalized spacial score (nSPS) is 17.0. The number of hydrogen-bond donors (Lipinski definition) is 1. The third kappa shape index (κ3) is 3.51. The fourth-order valence-corrected chi connectivity index (χ4v) is 4.07. The molecule has 0 unspecified atom stereocenters. The van der Waals surface area contributed by atoms with E-state index in [2.05, 4.69) is 10.2 Å². The number of nitrogens with zero attached hydrogens (tertiary/aromatic N) is 2. The summed E-state index contributed by atoms with van der Waals surface area (Å²) in [6.45, 7) is 8.47. The maximum atomic E-state index is 12.6. The van der Waals surface area contributed by atoms with Crippen LogP contribution in [0.25, 0.3) is 11.3 Å². The predicted octanol–water partition coefficient (Wildman–Crippen LogP) is 3.87. The van der Waals surface area contributed by atoms with Crippen LogP contribution in [0.4, 0.5) is 4.79 Å².